The van der Waals surface area contributed by atoms with E-state index in [1.54, 1.807) is 0 Å². The second-order valence-corrected chi connectivity index (χ2v) is 4.79. The third-order valence-corrected chi connectivity index (χ3v) is 3.60. The zero-order valence-corrected chi connectivity index (χ0v) is 10.6. The molecular formula is C17H17N. The number of benzene rings is 2. The van der Waals surface area contributed by atoms with Gasteiger partial charge in [-0.3, -0.25) is 0 Å². The molecule has 1 aromatic heterocycles. The molecule has 2 aromatic carbocycles. The van der Waals surface area contributed by atoms with Crippen LogP contribution < -0.4 is 0 Å². The molecule has 0 radical (unpaired) electrons. The van der Waals surface area contributed by atoms with Gasteiger partial charge in [-0.15, -0.1) is 0 Å². The summed E-state index contributed by atoms with van der Waals surface area (Å²) in [6.07, 6.45) is 4.34. The lowest BCUT2D eigenvalue weighted by Gasteiger charge is -2.04. The monoisotopic (exact) mass is 235 g/mol. The molecule has 0 aliphatic heterocycles. The van der Waals surface area contributed by atoms with E-state index in [4.69, 9.17) is 0 Å². The molecule has 18 heavy (non-hydrogen) atoms. The molecule has 0 saturated carbocycles. The van der Waals surface area contributed by atoms with Crippen LogP contribution in [0.25, 0.3) is 10.9 Å². The minimum atomic E-state index is 1.09. The van der Waals surface area contributed by atoms with Gasteiger partial charge < -0.3 is 4.98 Å². The summed E-state index contributed by atoms with van der Waals surface area (Å²) in [5.41, 5.74) is 5.48. The summed E-state index contributed by atoms with van der Waals surface area (Å²) in [5, 5.41) is 1.35. The SMILES string of the molecule is Cc1ccccc1CCc1c[nH]c2ccccc12. The van der Waals surface area contributed by atoms with Crippen molar-refractivity contribution in [2.75, 3.05) is 0 Å². The fraction of sp³-hybridized carbons (Fsp3) is 0.176. The lowest BCUT2D eigenvalue weighted by atomic mass is 10.0. The van der Waals surface area contributed by atoms with E-state index >= 15 is 0 Å². The van der Waals surface area contributed by atoms with E-state index in [0.717, 1.165) is 12.8 Å². The molecule has 1 heterocycles. The molecule has 0 spiro atoms. The molecule has 3 rings (SSSR count). The summed E-state index contributed by atoms with van der Waals surface area (Å²) >= 11 is 0. The second kappa shape index (κ2) is 4.69. The van der Waals surface area contributed by atoms with E-state index in [2.05, 4.69) is 66.6 Å². The Morgan fingerprint density at radius 2 is 1.56 bits per heavy atom. The molecule has 1 N–H and O–H groups in total. The first-order chi connectivity index (χ1) is 8.84. The van der Waals surface area contributed by atoms with Crippen LogP contribution >= 0.6 is 0 Å². The van der Waals surface area contributed by atoms with E-state index < -0.39 is 0 Å². The summed E-state index contributed by atoms with van der Waals surface area (Å²) in [6.45, 7) is 2.19. The maximum Gasteiger partial charge on any atom is 0.0456 e. The number of aromatic amines is 1. The van der Waals surface area contributed by atoms with Crippen molar-refractivity contribution in [2.24, 2.45) is 0 Å². The Hall–Kier alpha value is -2.02. The zero-order valence-electron chi connectivity index (χ0n) is 10.6. The topological polar surface area (TPSA) is 15.8 Å². The lowest BCUT2D eigenvalue weighted by molar-refractivity contribution is 0.956. The van der Waals surface area contributed by atoms with Crippen molar-refractivity contribution in [2.45, 2.75) is 19.8 Å². The number of aromatic nitrogens is 1. The quantitative estimate of drug-likeness (QED) is 0.698. The van der Waals surface area contributed by atoms with Gasteiger partial charge in [-0.2, -0.15) is 0 Å². The minimum absolute atomic E-state index is 1.09. The van der Waals surface area contributed by atoms with Gasteiger partial charge in [0, 0.05) is 17.1 Å². The Balaban J connectivity index is 1.83. The number of hydrogen-bond donors (Lipinski definition) is 1. The third-order valence-electron chi connectivity index (χ3n) is 3.60. The highest BCUT2D eigenvalue weighted by atomic mass is 14.7. The first-order valence-electron chi connectivity index (χ1n) is 6.44. The smallest absolute Gasteiger partial charge is 0.0456 e. The number of aryl methyl sites for hydroxylation is 3. The normalized spacial score (nSPS) is 10.9. The Kier molecular flexibility index (Phi) is 2.89. The highest BCUT2D eigenvalue weighted by Crippen LogP contribution is 2.20. The molecule has 0 bridgehead atoms. The maximum absolute atomic E-state index is 3.34. The van der Waals surface area contributed by atoms with Crippen LogP contribution in [0.15, 0.2) is 54.7 Å². The van der Waals surface area contributed by atoms with Gasteiger partial charge in [-0.1, -0.05) is 42.5 Å². The molecular weight excluding hydrogens is 218 g/mol. The van der Waals surface area contributed by atoms with E-state index in [1.807, 2.05) is 0 Å². The molecule has 1 nitrogen and oxygen atoms in total. The van der Waals surface area contributed by atoms with Crippen LogP contribution in [0.5, 0.6) is 0 Å². The minimum Gasteiger partial charge on any atom is -0.361 e. The molecule has 0 amide bonds. The number of para-hydroxylation sites is 1. The van der Waals surface area contributed by atoms with Gasteiger partial charge >= 0.3 is 0 Å². The van der Waals surface area contributed by atoms with Crippen molar-refractivity contribution in [3.8, 4) is 0 Å². The van der Waals surface area contributed by atoms with Gasteiger partial charge in [0.05, 0.1) is 0 Å². The van der Waals surface area contributed by atoms with Crippen molar-refractivity contribution in [1.82, 2.24) is 4.98 Å². The number of rotatable bonds is 3. The number of fused-ring (bicyclic) bond motifs is 1. The van der Waals surface area contributed by atoms with Gasteiger partial charge in [0.15, 0.2) is 0 Å². The van der Waals surface area contributed by atoms with Crippen molar-refractivity contribution < 1.29 is 0 Å². The molecule has 3 aromatic rings. The zero-order chi connectivity index (χ0) is 12.4. The maximum atomic E-state index is 3.34. The Bertz CT molecular complexity index is 664. The van der Waals surface area contributed by atoms with Gasteiger partial charge in [0.1, 0.15) is 0 Å². The largest absolute Gasteiger partial charge is 0.361 e. The number of hydrogen-bond acceptors (Lipinski definition) is 0. The Morgan fingerprint density at radius 1 is 0.833 bits per heavy atom. The van der Waals surface area contributed by atoms with E-state index in [1.165, 1.54) is 27.6 Å². The molecule has 0 aliphatic carbocycles. The van der Waals surface area contributed by atoms with E-state index in [0.29, 0.717) is 0 Å². The Labute approximate surface area is 107 Å². The molecule has 0 unspecified atom stereocenters. The van der Waals surface area contributed by atoms with Gasteiger partial charge in [0.25, 0.3) is 0 Å². The van der Waals surface area contributed by atoms with Crippen LogP contribution in [-0.2, 0) is 12.8 Å². The molecule has 0 atom stereocenters. The molecule has 0 saturated heterocycles. The lowest BCUT2D eigenvalue weighted by Crippen LogP contribution is -1.93. The third kappa shape index (κ3) is 2.04. The first-order valence-corrected chi connectivity index (χ1v) is 6.44. The van der Waals surface area contributed by atoms with Gasteiger partial charge in [-0.25, -0.2) is 0 Å². The first kappa shape index (κ1) is 11.1. The summed E-state index contributed by atoms with van der Waals surface area (Å²) < 4.78 is 0. The number of H-pyrrole nitrogens is 1. The average Bonchev–Trinajstić information content (AvgIpc) is 2.81. The van der Waals surface area contributed by atoms with Crippen LogP contribution in [0.1, 0.15) is 16.7 Å². The molecule has 90 valence electrons. The van der Waals surface area contributed by atoms with E-state index in [-0.39, 0.29) is 0 Å². The van der Waals surface area contributed by atoms with Crippen LogP contribution in [-0.4, -0.2) is 4.98 Å². The predicted octanol–water partition coefficient (Wildman–Crippen LogP) is 4.26. The van der Waals surface area contributed by atoms with Crippen LogP contribution in [0.3, 0.4) is 0 Å². The van der Waals surface area contributed by atoms with Crippen LogP contribution in [0, 0.1) is 6.92 Å². The highest BCUT2D eigenvalue weighted by Gasteiger charge is 2.04. The Morgan fingerprint density at radius 3 is 2.44 bits per heavy atom. The fourth-order valence-corrected chi connectivity index (χ4v) is 2.50. The molecule has 1 heteroatoms. The van der Waals surface area contributed by atoms with Crippen LogP contribution in [0.4, 0.5) is 0 Å². The van der Waals surface area contributed by atoms with Crippen molar-refractivity contribution >= 4 is 10.9 Å². The predicted molar refractivity (Wildman–Crippen MR) is 76.9 cm³/mol. The summed E-state index contributed by atoms with van der Waals surface area (Å²) in [6, 6.07) is 17.1. The summed E-state index contributed by atoms with van der Waals surface area (Å²) in [4.78, 5) is 3.34. The van der Waals surface area contributed by atoms with Gasteiger partial charge in [-0.05, 0) is 42.5 Å². The number of nitrogens with one attached hydrogen (secondary N) is 1. The fourth-order valence-electron chi connectivity index (χ4n) is 2.50. The average molecular weight is 235 g/mol. The van der Waals surface area contributed by atoms with E-state index in [9.17, 15) is 0 Å². The highest BCUT2D eigenvalue weighted by molar-refractivity contribution is 5.83. The second-order valence-electron chi connectivity index (χ2n) is 4.79. The van der Waals surface area contributed by atoms with Crippen molar-refractivity contribution in [3.63, 3.8) is 0 Å². The van der Waals surface area contributed by atoms with Gasteiger partial charge in [0.2, 0.25) is 0 Å². The standard InChI is InChI=1S/C17H17N/c1-13-6-2-3-7-14(13)10-11-15-12-18-17-9-5-4-8-16(15)17/h2-9,12,18H,10-11H2,1H3. The molecule has 0 fully saturated rings. The van der Waals surface area contributed by atoms with Crippen LogP contribution in [0.2, 0.25) is 0 Å². The van der Waals surface area contributed by atoms with Crippen molar-refractivity contribution in [3.05, 3.63) is 71.4 Å². The summed E-state index contributed by atoms with van der Waals surface area (Å²) in [7, 11) is 0. The summed E-state index contributed by atoms with van der Waals surface area (Å²) in [5.74, 6) is 0. The van der Waals surface area contributed by atoms with Crippen molar-refractivity contribution in [1.29, 1.82) is 0 Å². The molecule has 0 aliphatic rings.